The molecule has 6 nitrogen and oxygen atoms in total. The van der Waals surface area contributed by atoms with Gasteiger partial charge >= 0.3 is 0 Å². The van der Waals surface area contributed by atoms with Crippen LogP contribution in [0.3, 0.4) is 0 Å². The van der Waals surface area contributed by atoms with Gasteiger partial charge in [-0.2, -0.15) is 0 Å². The van der Waals surface area contributed by atoms with E-state index in [1.54, 1.807) is 0 Å². The zero-order valence-corrected chi connectivity index (χ0v) is 39.9. The van der Waals surface area contributed by atoms with Crippen LogP contribution in [0.25, 0.3) is 118 Å². The molecule has 2 aromatic heterocycles. The van der Waals surface area contributed by atoms with Gasteiger partial charge in [-0.3, -0.25) is 0 Å². The van der Waals surface area contributed by atoms with Gasteiger partial charge in [0.2, 0.25) is 0 Å². The van der Waals surface area contributed by atoms with Crippen LogP contribution in [0.2, 0.25) is 0 Å². The highest BCUT2D eigenvalue weighted by Gasteiger charge is 2.18. The van der Waals surface area contributed by atoms with E-state index in [-0.39, 0.29) is 0 Å². The molecule has 6 heteroatoms. The van der Waals surface area contributed by atoms with E-state index in [1.807, 2.05) is 110 Å². The van der Waals surface area contributed by atoms with E-state index >= 15 is 0 Å². The molecule has 0 aliphatic heterocycles. The van der Waals surface area contributed by atoms with Gasteiger partial charge in [-0.05, 0) is 106 Å². The third kappa shape index (κ3) is 9.71. The molecule has 11 aromatic rings. The molecule has 0 unspecified atom stereocenters. The van der Waals surface area contributed by atoms with Crippen molar-refractivity contribution in [3.8, 4) is 113 Å². The first-order chi connectivity index (χ1) is 35.6. The zero-order chi connectivity index (χ0) is 48.6. The second kappa shape index (κ2) is 20.6. The summed E-state index contributed by atoms with van der Waals surface area (Å²) in [5.41, 5.74) is 16.3. The Morgan fingerprint density at radius 1 is 0.264 bits per heavy atom. The van der Waals surface area contributed by atoms with Gasteiger partial charge < -0.3 is 0 Å². The molecule has 0 fully saturated rings. The number of benzene rings is 9. The Bertz CT molecular complexity index is 3700. The van der Waals surface area contributed by atoms with Crippen LogP contribution in [0.5, 0.6) is 0 Å². The number of allylic oxidation sites excluding steroid dienone is 4. The number of hydrogen-bond donors (Lipinski definition) is 0. The molecule has 0 saturated carbocycles. The van der Waals surface area contributed by atoms with E-state index in [4.69, 9.17) is 29.9 Å². The molecule has 72 heavy (non-hydrogen) atoms. The Morgan fingerprint density at radius 3 is 1.03 bits per heavy atom. The largest absolute Gasteiger partial charge is 0.208 e. The zero-order valence-electron chi connectivity index (χ0n) is 39.9. The van der Waals surface area contributed by atoms with Gasteiger partial charge in [0.25, 0.3) is 0 Å². The van der Waals surface area contributed by atoms with Crippen LogP contribution in [-0.2, 0) is 0 Å². The summed E-state index contributed by atoms with van der Waals surface area (Å²) in [4.78, 5) is 30.5. The van der Waals surface area contributed by atoms with E-state index < -0.39 is 0 Å². The Morgan fingerprint density at radius 2 is 0.569 bits per heavy atom. The minimum absolute atomic E-state index is 0.594. The fourth-order valence-electron chi connectivity index (χ4n) is 9.05. The molecule has 0 N–H and O–H groups in total. The molecule has 0 atom stereocenters. The first-order valence-electron chi connectivity index (χ1n) is 24.2. The van der Waals surface area contributed by atoms with Crippen LogP contribution in [0.1, 0.15) is 19.4 Å². The van der Waals surface area contributed by atoms with E-state index in [2.05, 4.69) is 159 Å². The Balaban J connectivity index is 0.987. The maximum Gasteiger partial charge on any atom is 0.164 e. The maximum absolute atomic E-state index is 5.29. The van der Waals surface area contributed by atoms with Crippen molar-refractivity contribution in [2.75, 3.05) is 0 Å². The van der Waals surface area contributed by atoms with Crippen molar-refractivity contribution in [2.45, 2.75) is 13.8 Å². The lowest BCUT2D eigenvalue weighted by Crippen LogP contribution is -2.02. The van der Waals surface area contributed by atoms with Gasteiger partial charge in [0.15, 0.2) is 34.9 Å². The van der Waals surface area contributed by atoms with Gasteiger partial charge in [-0.25, -0.2) is 29.9 Å². The molecule has 0 amide bonds. The third-order valence-corrected chi connectivity index (χ3v) is 12.6. The quantitative estimate of drug-likeness (QED) is 0.114. The highest BCUT2D eigenvalue weighted by molar-refractivity contribution is 5.86. The highest BCUT2D eigenvalue weighted by Crippen LogP contribution is 2.37. The second-order valence-corrected chi connectivity index (χ2v) is 17.4. The summed E-state index contributed by atoms with van der Waals surface area (Å²) in [5, 5.41) is 0. The van der Waals surface area contributed by atoms with Crippen LogP contribution in [0.15, 0.2) is 255 Å². The van der Waals surface area contributed by atoms with Crippen molar-refractivity contribution >= 4 is 5.57 Å². The minimum Gasteiger partial charge on any atom is -0.208 e. The van der Waals surface area contributed by atoms with Gasteiger partial charge in [-0.1, -0.05) is 218 Å². The lowest BCUT2D eigenvalue weighted by molar-refractivity contribution is 1.07. The molecule has 0 radical (unpaired) electrons. The van der Waals surface area contributed by atoms with Crippen LogP contribution >= 0.6 is 0 Å². The van der Waals surface area contributed by atoms with Gasteiger partial charge in [0.1, 0.15) is 0 Å². The summed E-state index contributed by atoms with van der Waals surface area (Å²) < 4.78 is 0. The highest BCUT2D eigenvalue weighted by atomic mass is 15.0. The van der Waals surface area contributed by atoms with Gasteiger partial charge in [0.05, 0.1) is 0 Å². The monoisotopic (exact) mass is 924 g/mol. The van der Waals surface area contributed by atoms with E-state index in [1.165, 1.54) is 0 Å². The van der Waals surface area contributed by atoms with Gasteiger partial charge in [-0.15, -0.1) is 0 Å². The molecule has 0 aliphatic rings. The summed E-state index contributed by atoms with van der Waals surface area (Å²) in [6, 6.07) is 81.7. The summed E-state index contributed by atoms with van der Waals surface area (Å²) >= 11 is 0. The first kappa shape index (κ1) is 45.0. The Labute approximate surface area is 420 Å². The molecular weight excluding hydrogens is 877 g/mol. The topological polar surface area (TPSA) is 77.3 Å². The summed E-state index contributed by atoms with van der Waals surface area (Å²) in [5.74, 6) is 3.70. The van der Waals surface area contributed by atoms with Crippen molar-refractivity contribution < 1.29 is 0 Å². The molecule has 0 spiro atoms. The summed E-state index contributed by atoms with van der Waals surface area (Å²) in [6.07, 6.45) is 6.31. The van der Waals surface area contributed by atoms with Crippen molar-refractivity contribution in [1.29, 1.82) is 0 Å². The number of rotatable bonds is 12. The standard InChI is InChI=1S/C66H48N6/c1-3-22-45(4-2)59-37-17-18-38-60(59)66-71-63(49-29-15-8-16-30-49)70-65(72-66)58-43-56(46-23-9-5-10-24-46)42-57(44-58)54-35-20-33-52(40-54)50-31-19-32-51(39-50)53-34-21-36-55(41-53)64-68-61(47-25-11-6-12-26-47)67-62(69-64)48-27-13-7-14-28-48/h3-44H,1-2H3/b22-3-,45-4+. The third-order valence-electron chi connectivity index (χ3n) is 12.6. The summed E-state index contributed by atoms with van der Waals surface area (Å²) in [7, 11) is 0. The molecule has 0 bridgehead atoms. The van der Waals surface area contributed by atoms with Crippen molar-refractivity contribution in [1.82, 2.24) is 29.9 Å². The minimum atomic E-state index is 0.594. The smallest absolute Gasteiger partial charge is 0.164 e. The molecule has 0 aliphatic carbocycles. The maximum atomic E-state index is 5.29. The Kier molecular flexibility index (Phi) is 12.9. The number of nitrogens with zero attached hydrogens (tertiary/aromatic N) is 6. The summed E-state index contributed by atoms with van der Waals surface area (Å²) in [6.45, 7) is 4.10. The molecular formula is C66H48N6. The van der Waals surface area contributed by atoms with Crippen LogP contribution in [0, 0.1) is 0 Å². The van der Waals surface area contributed by atoms with Crippen LogP contribution < -0.4 is 0 Å². The van der Waals surface area contributed by atoms with Crippen molar-refractivity contribution in [3.05, 3.63) is 260 Å². The van der Waals surface area contributed by atoms with E-state index in [0.29, 0.717) is 34.9 Å². The van der Waals surface area contributed by atoms with Crippen molar-refractivity contribution in [2.24, 2.45) is 0 Å². The lowest BCUT2D eigenvalue weighted by atomic mass is 9.93. The fraction of sp³-hybridized carbons (Fsp3) is 0.0303. The number of hydrogen-bond acceptors (Lipinski definition) is 6. The Hall–Kier alpha value is -9.52. The van der Waals surface area contributed by atoms with Crippen LogP contribution in [-0.4, -0.2) is 29.9 Å². The van der Waals surface area contributed by atoms with Crippen molar-refractivity contribution in [3.63, 3.8) is 0 Å². The predicted octanol–water partition coefficient (Wildman–Crippen LogP) is 16.7. The van der Waals surface area contributed by atoms with Gasteiger partial charge in [0, 0.05) is 33.4 Å². The molecule has 0 saturated heterocycles. The average molecular weight is 925 g/mol. The normalized spacial score (nSPS) is 11.5. The van der Waals surface area contributed by atoms with E-state index in [0.717, 1.165) is 89.0 Å². The first-order valence-corrected chi connectivity index (χ1v) is 24.2. The fourth-order valence-corrected chi connectivity index (χ4v) is 9.05. The SMILES string of the molecule is C/C=C\C(=C/C)c1ccccc1-c1nc(-c2ccccc2)nc(-c2cc(-c3ccccc3)cc(-c3cccc(-c4cccc(-c5cccc(-c6nc(-c7ccccc7)nc(-c7ccccc7)n6)c5)c4)c3)c2)n1. The molecule has 342 valence electrons. The molecule has 2 heterocycles. The average Bonchev–Trinajstić information content (AvgIpc) is 3.47. The van der Waals surface area contributed by atoms with Crippen LogP contribution in [0.4, 0.5) is 0 Å². The number of aromatic nitrogens is 6. The lowest BCUT2D eigenvalue weighted by Gasteiger charge is -2.14. The second-order valence-electron chi connectivity index (χ2n) is 17.4. The van der Waals surface area contributed by atoms with E-state index in [9.17, 15) is 0 Å². The molecule has 11 rings (SSSR count). The molecule has 9 aromatic carbocycles. The predicted molar refractivity (Wildman–Crippen MR) is 296 cm³/mol.